The van der Waals surface area contributed by atoms with E-state index in [1.54, 1.807) is 6.20 Å². The fourth-order valence-corrected chi connectivity index (χ4v) is 1.33. The Bertz CT molecular complexity index is 399. The van der Waals surface area contributed by atoms with Crippen molar-refractivity contribution in [3.8, 4) is 0 Å². The van der Waals surface area contributed by atoms with Gasteiger partial charge in [-0.2, -0.15) is 0 Å². The van der Waals surface area contributed by atoms with Crippen molar-refractivity contribution in [2.45, 2.75) is 39.3 Å². The van der Waals surface area contributed by atoms with Gasteiger partial charge >= 0.3 is 0 Å². The average molecular weight is 265 g/mol. The zero-order chi connectivity index (χ0) is 14.3. The van der Waals surface area contributed by atoms with E-state index >= 15 is 0 Å². The van der Waals surface area contributed by atoms with E-state index in [0.29, 0.717) is 12.3 Å². The van der Waals surface area contributed by atoms with Crippen LogP contribution in [0.5, 0.6) is 0 Å². The summed E-state index contributed by atoms with van der Waals surface area (Å²) in [5.74, 6) is 0. The van der Waals surface area contributed by atoms with Crippen molar-refractivity contribution < 1.29 is 9.94 Å². The first-order valence-corrected chi connectivity index (χ1v) is 6.39. The van der Waals surface area contributed by atoms with Gasteiger partial charge in [0.05, 0.1) is 5.69 Å². The molecule has 1 unspecified atom stereocenters. The zero-order valence-corrected chi connectivity index (χ0v) is 12.1. The van der Waals surface area contributed by atoms with E-state index in [2.05, 4.69) is 15.5 Å². The maximum absolute atomic E-state index is 9.72. The molecule has 1 atom stereocenters. The Hall–Kier alpha value is -1.46. The van der Waals surface area contributed by atoms with E-state index in [9.17, 15) is 5.11 Å². The number of hydrogen-bond acceptors (Lipinski definition) is 5. The number of hydrogen-bond donors (Lipinski definition) is 2. The molecule has 5 nitrogen and oxygen atoms in total. The van der Waals surface area contributed by atoms with Gasteiger partial charge in [-0.15, -0.1) is 0 Å². The van der Waals surface area contributed by atoms with Crippen molar-refractivity contribution in [1.82, 2.24) is 10.3 Å². The normalized spacial score (nSPS) is 14.3. The van der Waals surface area contributed by atoms with Gasteiger partial charge in [0, 0.05) is 18.3 Å². The van der Waals surface area contributed by atoms with Crippen LogP contribution in [0.1, 0.15) is 33.4 Å². The van der Waals surface area contributed by atoms with Gasteiger partial charge in [-0.3, -0.25) is 4.98 Å². The van der Waals surface area contributed by atoms with Crippen LogP contribution in [0.4, 0.5) is 0 Å². The highest BCUT2D eigenvalue weighted by atomic mass is 16.6. The highest BCUT2D eigenvalue weighted by Gasteiger charge is 2.12. The molecule has 0 aliphatic heterocycles. The van der Waals surface area contributed by atoms with E-state index in [0.717, 1.165) is 5.69 Å². The van der Waals surface area contributed by atoms with Gasteiger partial charge in [0.2, 0.25) is 0 Å². The molecule has 2 N–H and O–H groups in total. The topological polar surface area (TPSA) is 66.7 Å². The Morgan fingerprint density at radius 2 is 2.21 bits per heavy atom. The summed E-state index contributed by atoms with van der Waals surface area (Å²) in [7, 11) is 0. The molecule has 0 radical (unpaired) electrons. The Morgan fingerprint density at radius 3 is 2.79 bits per heavy atom. The molecule has 0 saturated heterocycles. The number of aliphatic hydroxyl groups excluding tert-OH is 1. The fraction of sp³-hybridized carbons (Fsp3) is 0.571. The highest BCUT2D eigenvalue weighted by Crippen LogP contribution is 2.00. The standard InChI is InChI=1S/C14H23N3O2/c1-11(13-7-5-6-8-15-13)17-19-10-12(18)9-16-14(2,3)4/h5-8,12,16,18H,9-10H2,1-4H3/b17-11+. The molecule has 0 fully saturated rings. The first-order chi connectivity index (χ1) is 8.88. The first-order valence-electron chi connectivity index (χ1n) is 6.39. The lowest BCUT2D eigenvalue weighted by molar-refractivity contribution is 0.0372. The molecule has 0 aliphatic carbocycles. The van der Waals surface area contributed by atoms with Crippen LogP contribution in [-0.4, -0.2) is 40.6 Å². The lowest BCUT2D eigenvalue weighted by Crippen LogP contribution is -2.42. The second-order valence-corrected chi connectivity index (χ2v) is 5.47. The average Bonchev–Trinajstić information content (AvgIpc) is 2.36. The lowest BCUT2D eigenvalue weighted by Gasteiger charge is -2.22. The van der Waals surface area contributed by atoms with Crippen LogP contribution >= 0.6 is 0 Å². The van der Waals surface area contributed by atoms with Gasteiger partial charge in [0.15, 0.2) is 0 Å². The van der Waals surface area contributed by atoms with Crippen LogP contribution in [0.3, 0.4) is 0 Å². The van der Waals surface area contributed by atoms with Crippen molar-refractivity contribution in [2.24, 2.45) is 5.16 Å². The number of pyridine rings is 1. The van der Waals surface area contributed by atoms with Gasteiger partial charge in [-0.25, -0.2) is 0 Å². The molecular formula is C14H23N3O2. The highest BCUT2D eigenvalue weighted by molar-refractivity contribution is 5.96. The smallest absolute Gasteiger partial charge is 0.144 e. The quantitative estimate of drug-likeness (QED) is 0.605. The fourth-order valence-electron chi connectivity index (χ4n) is 1.33. The van der Waals surface area contributed by atoms with E-state index < -0.39 is 6.10 Å². The van der Waals surface area contributed by atoms with Crippen LogP contribution in [0.2, 0.25) is 0 Å². The maximum atomic E-state index is 9.72. The molecule has 1 heterocycles. The van der Waals surface area contributed by atoms with Crippen molar-refractivity contribution in [3.63, 3.8) is 0 Å². The molecule has 0 aromatic carbocycles. The summed E-state index contributed by atoms with van der Waals surface area (Å²) < 4.78 is 0. The summed E-state index contributed by atoms with van der Waals surface area (Å²) in [5, 5.41) is 16.9. The number of nitrogens with one attached hydrogen (secondary N) is 1. The summed E-state index contributed by atoms with van der Waals surface area (Å²) >= 11 is 0. The van der Waals surface area contributed by atoms with Gasteiger partial charge in [0.25, 0.3) is 0 Å². The summed E-state index contributed by atoms with van der Waals surface area (Å²) in [6.45, 7) is 8.59. The number of aromatic nitrogens is 1. The van der Waals surface area contributed by atoms with E-state index in [-0.39, 0.29) is 12.1 Å². The van der Waals surface area contributed by atoms with E-state index in [1.165, 1.54) is 0 Å². The molecule has 0 saturated carbocycles. The van der Waals surface area contributed by atoms with Gasteiger partial charge in [0.1, 0.15) is 18.4 Å². The Kier molecular flexibility index (Phi) is 5.92. The predicted molar refractivity (Wildman–Crippen MR) is 76.2 cm³/mol. The Labute approximate surface area is 114 Å². The third-order valence-electron chi connectivity index (χ3n) is 2.37. The molecular weight excluding hydrogens is 242 g/mol. The van der Waals surface area contributed by atoms with Crippen molar-refractivity contribution in [1.29, 1.82) is 0 Å². The van der Waals surface area contributed by atoms with Crippen molar-refractivity contribution in [2.75, 3.05) is 13.2 Å². The molecule has 0 amide bonds. The SMILES string of the molecule is C/C(=N\OCC(O)CNC(C)(C)C)c1ccccn1. The van der Waals surface area contributed by atoms with Crippen molar-refractivity contribution in [3.05, 3.63) is 30.1 Å². The number of aliphatic hydroxyl groups is 1. The van der Waals surface area contributed by atoms with Crippen LogP contribution in [0, 0.1) is 0 Å². The molecule has 0 aliphatic rings. The molecule has 1 aromatic rings. The second kappa shape index (κ2) is 7.21. The minimum absolute atomic E-state index is 0.0197. The molecule has 1 rings (SSSR count). The second-order valence-electron chi connectivity index (χ2n) is 5.47. The zero-order valence-electron chi connectivity index (χ0n) is 12.1. The number of nitrogens with zero attached hydrogens (tertiary/aromatic N) is 2. The molecule has 106 valence electrons. The van der Waals surface area contributed by atoms with E-state index in [4.69, 9.17) is 4.84 Å². The first kappa shape index (κ1) is 15.6. The van der Waals surface area contributed by atoms with Gasteiger partial charge < -0.3 is 15.3 Å². The third kappa shape index (κ3) is 6.88. The number of β-amino-alcohol motifs (C(OH)–C–C–N with tert-alkyl or cyclic N) is 1. The summed E-state index contributed by atoms with van der Waals surface area (Å²) in [5.41, 5.74) is 1.44. The summed E-state index contributed by atoms with van der Waals surface area (Å²) in [4.78, 5) is 9.29. The van der Waals surface area contributed by atoms with Crippen LogP contribution in [0.25, 0.3) is 0 Å². The van der Waals surface area contributed by atoms with Crippen LogP contribution < -0.4 is 5.32 Å². The largest absolute Gasteiger partial charge is 0.393 e. The van der Waals surface area contributed by atoms with Crippen LogP contribution in [0.15, 0.2) is 29.6 Å². The van der Waals surface area contributed by atoms with Crippen molar-refractivity contribution >= 4 is 5.71 Å². The van der Waals surface area contributed by atoms with Gasteiger partial charge in [-0.05, 0) is 39.8 Å². The molecule has 0 spiro atoms. The minimum atomic E-state index is -0.584. The van der Waals surface area contributed by atoms with Gasteiger partial charge in [-0.1, -0.05) is 11.2 Å². The monoisotopic (exact) mass is 265 g/mol. The predicted octanol–water partition coefficient (Wildman–Crippen LogP) is 1.57. The molecule has 19 heavy (non-hydrogen) atoms. The minimum Gasteiger partial charge on any atom is -0.393 e. The van der Waals surface area contributed by atoms with E-state index in [1.807, 2.05) is 45.9 Å². The van der Waals surface area contributed by atoms with Crippen LogP contribution in [-0.2, 0) is 4.84 Å². The summed E-state index contributed by atoms with van der Waals surface area (Å²) in [6, 6.07) is 5.60. The maximum Gasteiger partial charge on any atom is 0.144 e. The number of rotatable bonds is 6. The molecule has 0 bridgehead atoms. The molecule has 5 heteroatoms. The third-order valence-corrected chi connectivity index (χ3v) is 2.37. The molecule has 1 aromatic heterocycles. The number of oxime groups is 1. The Balaban J connectivity index is 2.33. The summed E-state index contributed by atoms with van der Waals surface area (Å²) in [6.07, 6.45) is 1.12. The lowest BCUT2D eigenvalue weighted by atomic mass is 10.1. The Morgan fingerprint density at radius 1 is 1.47 bits per heavy atom.